The molecule has 1 amide bonds. The van der Waals surface area contributed by atoms with Gasteiger partial charge in [-0.25, -0.2) is 10.4 Å². The van der Waals surface area contributed by atoms with Gasteiger partial charge in [0.05, 0.1) is 23.4 Å². The first kappa shape index (κ1) is 13.9. The number of fused-ring (bicyclic) bond motifs is 1. The Morgan fingerprint density at radius 3 is 2.59 bits per heavy atom. The molecule has 1 heterocycles. The average molecular weight is 290 g/mol. The number of hydrazone groups is 1. The van der Waals surface area contributed by atoms with E-state index in [0.717, 1.165) is 16.6 Å². The standard InChI is InChI=1S/C17H14N4O/c1-12-6-8-13(9-7-12)17(22)21-19-11-14-10-18-15-4-2-3-5-16(15)20-14/h2-11H,1H3,(H,21,22)/b19-11-. The maximum Gasteiger partial charge on any atom is 0.271 e. The Kier molecular flexibility index (Phi) is 3.87. The molecule has 5 nitrogen and oxygen atoms in total. The normalized spacial score (nSPS) is 11.0. The summed E-state index contributed by atoms with van der Waals surface area (Å²) in [7, 11) is 0. The van der Waals surface area contributed by atoms with Gasteiger partial charge in [-0.2, -0.15) is 5.10 Å². The number of rotatable bonds is 3. The first-order chi connectivity index (χ1) is 10.7. The van der Waals surface area contributed by atoms with Gasteiger partial charge in [0.25, 0.3) is 5.91 Å². The van der Waals surface area contributed by atoms with Crippen LogP contribution in [0.5, 0.6) is 0 Å². The number of amides is 1. The topological polar surface area (TPSA) is 67.2 Å². The molecule has 0 unspecified atom stereocenters. The Hall–Kier alpha value is -3.08. The van der Waals surface area contributed by atoms with Gasteiger partial charge in [-0.15, -0.1) is 0 Å². The second-order valence-electron chi connectivity index (χ2n) is 4.85. The van der Waals surface area contributed by atoms with Crippen molar-refractivity contribution in [3.8, 4) is 0 Å². The number of carbonyl (C=O) groups is 1. The van der Waals surface area contributed by atoms with Gasteiger partial charge >= 0.3 is 0 Å². The lowest BCUT2D eigenvalue weighted by molar-refractivity contribution is 0.0955. The number of carbonyl (C=O) groups excluding carboxylic acids is 1. The number of benzene rings is 2. The van der Waals surface area contributed by atoms with Crippen LogP contribution in [0.25, 0.3) is 11.0 Å². The van der Waals surface area contributed by atoms with Crippen LogP contribution in [0.1, 0.15) is 21.6 Å². The summed E-state index contributed by atoms with van der Waals surface area (Å²) in [5.74, 6) is -0.259. The number of hydrogen-bond acceptors (Lipinski definition) is 4. The number of aromatic nitrogens is 2. The second-order valence-corrected chi connectivity index (χ2v) is 4.85. The molecule has 3 aromatic rings. The summed E-state index contributed by atoms with van der Waals surface area (Å²) < 4.78 is 0. The number of nitrogens with one attached hydrogen (secondary N) is 1. The highest BCUT2D eigenvalue weighted by molar-refractivity contribution is 5.94. The Morgan fingerprint density at radius 2 is 1.82 bits per heavy atom. The Labute approximate surface area is 127 Å². The molecule has 0 radical (unpaired) electrons. The molecule has 0 saturated carbocycles. The molecule has 0 aliphatic carbocycles. The second kappa shape index (κ2) is 6.13. The molecule has 0 atom stereocenters. The summed E-state index contributed by atoms with van der Waals surface area (Å²) in [5.41, 5.74) is 6.34. The summed E-state index contributed by atoms with van der Waals surface area (Å²) >= 11 is 0. The third-order valence-electron chi connectivity index (χ3n) is 3.14. The van der Waals surface area contributed by atoms with Crippen LogP contribution >= 0.6 is 0 Å². The number of hydrogen-bond donors (Lipinski definition) is 1. The molecular weight excluding hydrogens is 276 g/mol. The first-order valence-corrected chi connectivity index (χ1v) is 6.84. The largest absolute Gasteiger partial charge is 0.271 e. The van der Waals surface area contributed by atoms with E-state index in [0.29, 0.717) is 11.3 Å². The molecule has 0 spiro atoms. The highest BCUT2D eigenvalue weighted by atomic mass is 16.2. The van der Waals surface area contributed by atoms with Crippen LogP contribution in [-0.2, 0) is 0 Å². The van der Waals surface area contributed by atoms with E-state index < -0.39 is 0 Å². The molecule has 0 aliphatic heterocycles. The van der Waals surface area contributed by atoms with Crippen molar-refractivity contribution < 1.29 is 4.79 Å². The quantitative estimate of drug-likeness (QED) is 0.595. The molecule has 0 aliphatic rings. The van der Waals surface area contributed by atoms with E-state index in [-0.39, 0.29) is 5.91 Å². The molecule has 1 N–H and O–H groups in total. The molecule has 1 aromatic heterocycles. The van der Waals surface area contributed by atoms with Crippen molar-refractivity contribution in [2.45, 2.75) is 6.92 Å². The van der Waals surface area contributed by atoms with Crippen molar-refractivity contribution in [3.05, 3.63) is 71.5 Å². The maximum atomic E-state index is 11.9. The van der Waals surface area contributed by atoms with Crippen molar-refractivity contribution >= 4 is 23.2 Å². The number of para-hydroxylation sites is 2. The fourth-order valence-electron chi connectivity index (χ4n) is 1.96. The molecule has 3 rings (SSSR count). The van der Waals surface area contributed by atoms with Crippen molar-refractivity contribution in [2.24, 2.45) is 5.10 Å². The van der Waals surface area contributed by atoms with Crippen LogP contribution in [0.15, 0.2) is 59.8 Å². The Morgan fingerprint density at radius 1 is 1.09 bits per heavy atom. The smallest absolute Gasteiger partial charge is 0.267 e. The summed E-state index contributed by atoms with van der Waals surface area (Å²) in [5, 5.41) is 3.92. The lowest BCUT2D eigenvalue weighted by Gasteiger charge is -2.00. The third-order valence-corrected chi connectivity index (χ3v) is 3.14. The van der Waals surface area contributed by atoms with E-state index in [4.69, 9.17) is 0 Å². The van der Waals surface area contributed by atoms with E-state index >= 15 is 0 Å². The van der Waals surface area contributed by atoms with Gasteiger partial charge in [0.2, 0.25) is 0 Å². The number of aryl methyl sites for hydroxylation is 1. The van der Waals surface area contributed by atoms with Crippen molar-refractivity contribution in [1.82, 2.24) is 15.4 Å². The van der Waals surface area contributed by atoms with Crippen molar-refractivity contribution in [2.75, 3.05) is 0 Å². The van der Waals surface area contributed by atoms with Crippen LogP contribution in [0.2, 0.25) is 0 Å². The number of nitrogens with zero attached hydrogens (tertiary/aromatic N) is 3. The van der Waals surface area contributed by atoms with Gasteiger partial charge in [-0.1, -0.05) is 29.8 Å². The van der Waals surface area contributed by atoms with Gasteiger partial charge in [0, 0.05) is 5.56 Å². The van der Waals surface area contributed by atoms with Gasteiger partial charge in [0.1, 0.15) is 5.69 Å². The molecule has 0 bridgehead atoms. The lowest BCUT2D eigenvalue weighted by Crippen LogP contribution is -2.17. The predicted octanol–water partition coefficient (Wildman–Crippen LogP) is 2.70. The maximum absolute atomic E-state index is 11.9. The Bertz CT molecular complexity index is 841. The molecular formula is C17H14N4O. The van der Waals surface area contributed by atoms with E-state index in [1.54, 1.807) is 18.3 Å². The highest BCUT2D eigenvalue weighted by Crippen LogP contribution is 2.07. The van der Waals surface area contributed by atoms with E-state index in [2.05, 4.69) is 20.5 Å². The lowest BCUT2D eigenvalue weighted by atomic mass is 10.1. The molecule has 5 heteroatoms. The monoisotopic (exact) mass is 290 g/mol. The van der Waals surface area contributed by atoms with E-state index in [1.165, 1.54) is 6.21 Å². The van der Waals surface area contributed by atoms with Gasteiger partial charge < -0.3 is 0 Å². The first-order valence-electron chi connectivity index (χ1n) is 6.84. The van der Waals surface area contributed by atoms with E-state index in [9.17, 15) is 4.79 Å². The van der Waals surface area contributed by atoms with Gasteiger partial charge in [-0.3, -0.25) is 9.78 Å². The highest BCUT2D eigenvalue weighted by Gasteiger charge is 2.03. The predicted molar refractivity (Wildman–Crippen MR) is 85.8 cm³/mol. The average Bonchev–Trinajstić information content (AvgIpc) is 2.55. The van der Waals surface area contributed by atoms with Crippen LogP contribution in [-0.4, -0.2) is 22.1 Å². The van der Waals surface area contributed by atoms with Crippen molar-refractivity contribution in [1.29, 1.82) is 0 Å². The summed E-state index contributed by atoms with van der Waals surface area (Å²) in [4.78, 5) is 20.6. The van der Waals surface area contributed by atoms with Gasteiger partial charge in [0.15, 0.2) is 0 Å². The molecule has 108 valence electrons. The van der Waals surface area contributed by atoms with E-state index in [1.807, 2.05) is 43.3 Å². The van der Waals surface area contributed by atoms with Crippen LogP contribution < -0.4 is 5.43 Å². The molecule has 0 saturated heterocycles. The van der Waals surface area contributed by atoms with Crippen LogP contribution in [0, 0.1) is 6.92 Å². The van der Waals surface area contributed by atoms with Gasteiger partial charge in [-0.05, 0) is 31.2 Å². The summed E-state index contributed by atoms with van der Waals surface area (Å²) in [6.07, 6.45) is 3.09. The molecule has 0 fully saturated rings. The zero-order valence-corrected chi connectivity index (χ0v) is 12.0. The fraction of sp³-hybridized carbons (Fsp3) is 0.0588. The summed E-state index contributed by atoms with van der Waals surface area (Å²) in [6.45, 7) is 1.97. The third kappa shape index (κ3) is 3.15. The minimum absolute atomic E-state index is 0.259. The molecule has 22 heavy (non-hydrogen) atoms. The molecule has 2 aromatic carbocycles. The SMILES string of the molecule is Cc1ccc(C(=O)N/N=C\c2cnc3ccccc3n2)cc1. The zero-order valence-electron chi connectivity index (χ0n) is 12.0. The minimum Gasteiger partial charge on any atom is -0.267 e. The van der Waals surface area contributed by atoms with Crippen molar-refractivity contribution in [3.63, 3.8) is 0 Å². The summed E-state index contributed by atoms with van der Waals surface area (Å²) in [6, 6.07) is 14.9. The fourth-order valence-corrected chi connectivity index (χ4v) is 1.96. The minimum atomic E-state index is -0.259. The van der Waals surface area contributed by atoms with Crippen LogP contribution in [0.4, 0.5) is 0 Å². The van der Waals surface area contributed by atoms with Crippen LogP contribution in [0.3, 0.4) is 0 Å². The zero-order chi connectivity index (χ0) is 15.4. The Balaban J connectivity index is 1.70.